The average Bonchev–Trinajstić information content (AvgIpc) is 2.97. The molecule has 2 aromatic carbocycles. The molecule has 1 heterocycles. The van der Waals surface area contributed by atoms with Gasteiger partial charge in [0.1, 0.15) is 28.5 Å². The molecular formula is C20H17FO4. The van der Waals surface area contributed by atoms with E-state index in [1.165, 1.54) is 37.4 Å². The van der Waals surface area contributed by atoms with Gasteiger partial charge in [-0.25, -0.2) is 9.18 Å². The van der Waals surface area contributed by atoms with Gasteiger partial charge in [-0.15, -0.1) is 0 Å². The van der Waals surface area contributed by atoms with Crippen molar-refractivity contribution in [3.05, 3.63) is 65.5 Å². The Balaban J connectivity index is 2.36. The number of allylic oxidation sites excluding steroid dienone is 1. The van der Waals surface area contributed by atoms with Crippen LogP contribution in [0.1, 0.15) is 22.8 Å². The first-order valence-electron chi connectivity index (χ1n) is 7.68. The summed E-state index contributed by atoms with van der Waals surface area (Å²) in [5.41, 5.74) is 2.55. The van der Waals surface area contributed by atoms with E-state index in [2.05, 4.69) is 6.58 Å². The smallest absolute Gasteiger partial charge is 0.342 e. The summed E-state index contributed by atoms with van der Waals surface area (Å²) in [6.45, 7) is 5.70. The van der Waals surface area contributed by atoms with Crippen LogP contribution in [-0.4, -0.2) is 18.2 Å². The summed E-state index contributed by atoms with van der Waals surface area (Å²) in [6, 6.07) is 8.73. The lowest BCUT2D eigenvalue weighted by atomic mass is 9.97. The Labute approximate surface area is 144 Å². The fourth-order valence-electron chi connectivity index (χ4n) is 2.83. The third kappa shape index (κ3) is 3.01. The van der Waals surface area contributed by atoms with Crippen molar-refractivity contribution in [1.82, 2.24) is 0 Å². The first-order valence-corrected chi connectivity index (χ1v) is 7.68. The van der Waals surface area contributed by atoms with Crippen molar-refractivity contribution in [3.8, 4) is 17.1 Å². The molecule has 3 aromatic rings. The molecule has 0 unspecified atom stereocenters. The Kier molecular flexibility index (Phi) is 4.31. The highest BCUT2D eigenvalue weighted by molar-refractivity contribution is 6.10. The summed E-state index contributed by atoms with van der Waals surface area (Å²) in [6.07, 6.45) is 0.384. The standard InChI is InChI=1S/C20H17FO4/c1-11(2)10-14-15(22)8-9-16-17(14)18(20(23)24-3)19(25-16)12-4-6-13(21)7-5-12/h4-9,22H,1,10H2,2-3H3. The maximum Gasteiger partial charge on any atom is 0.342 e. The lowest BCUT2D eigenvalue weighted by Gasteiger charge is -2.07. The normalized spacial score (nSPS) is 10.8. The maximum absolute atomic E-state index is 13.2. The number of phenolic OH excluding ortho intramolecular Hbond substituents is 1. The molecule has 0 amide bonds. The van der Waals surface area contributed by atoms with E-state index < -0.39 is 5.97 Å². The predicted molar refractivity (Wildman–Crippen MR) is 93.1 cm³/mol. The van der Waals surface area contributed by atoms with Crippen LogP contribution in [0, 0.1) is 5.82 Å². The van der Waals surface area contributed by atoms with Gasteiger partial charge in [0, 0.05) is 16.5 Å². The largest absolute Gasteiger partial charge is 0.508 e. The predicted octanol–water partition coefficient (Wildman–Crippen LogP) is 4.85. The van der Waals surface area contributed by atoms with Gasteiger partial charge in [0.2, 0.25) is 0 Å². The van der Waals surface area contributed by atoms with Gasteiger partial charge in [-0.05, 0) is 49.7 Å². The minimum absolute atomic E-state index is 0.0482. The van der Waals surface area contributed by atoms with Crippen molar-refractivity contribution < 1.29 is 23.4 Å². The molecule has 4 nitrogen and oxygen atoms in total. The first-order chi connectivity index (χ1) is 11.9. The molecule has 0 aliphatic rings. The summed E-state index contributed by atoms with van der Waals surface area (Å²) >= 11 is 0. The van der Waals surface area contributed by atoms with Crippen molar-refractivity contribution in [3.63, 3.8) is 0 Å². The molecule has 1 N–H and O–H groups in total. The van der Waals surface area contributed by atoms with Gasteiger partial charge in [0.25, 0.3) is 0 Å². The second-order valence-corrected chi connectivity index (χ2v) is 5.87. The number of phenols is 1. The van der Waals surface area contributed by atoms with E-state index in [0.29, 0.717) is 28.5 Å². The molecule has 25 heavy (non-hydrogen) atoms. The Bertz CT molecular complexity index is 968. The summed E-state index contributed by atoms with van der Waals surface area (Å²) < 4.78 is 24.0. The Morgan fingerprint density at radius 3 is 2.52 bits per heavy atom. The third-order valence-corrected chi connectivity index (χ3v) is 3.91. The number of benzene rings is 2. The highest BCUT2D eigenvalue weighted by Crippen LogP contribution is 2.39. The van der Waals surface area contributed by atoms with Gasteiger partial charge in [-0.2, -0.15) is 0 Å². The van der Waals surface area contributed by atoms with E-state index in [1.54, 1.807) is 6.07 Å². The zero-order valence-corrected chi connectivity index (χ0v) is 13.9. The molecule has 0 bridgehead atoms. The van der Waals surface area contributed by atoms with E-state index in [0.717, 1.165) is 5.57 Å². The second kappa shape index (κ2) is 6.43. The minimum Gasteiger partial charge on any atom is -0.508 e. The van der Waals surface area contributed by atoms with Crippen molar-refractivity contribution >= 4 is 16.9 Å². The summed E-state index contributed by atoms with van der Waals surface area (Å²) in [5, 5.41) is 10.7. The molecule has 0 saturated heterocycles. The zero-order valence-electron chi connectivity index (χ0n) is 13.9. The topological polar surface area (TPSA) is 59.7 Å². The maximum atomic E-state index is 13.2. The van der Waals surface area contributed by atoms with Crippen LogP contribution in [0.25, 0.3) is 22.3 Å². The second-order valence-electron chi connectivity index (χ2n) is 5.87. The van der Waals surface area contributed by atoms with Crippen LogP contribution in [0.15, 0.2) is 53.0 Å². The number of hydrogen-bond donors (Lipinski definition) is 1. The number of methoxy groups -OCH3 is 1. The molecule has 0 aliphatic heterocycles. The third-order valence-electron chi connectivity index (χ3n) is 3.91. The van der Waals surface area contributed by atoms with Gasteiger partial charge in [0.15, 0.2) is 0 Å². The van der Waals surface area contributed by atoms with E-state index in [9.17, 15) is 14.3 Å². The Hall–Kier alpha value is -3.08. The molecule has 3 rings (SSSR count). The Morgan fingerprint density at radius 1 is 1.24 bits per heavy atom. The number of carbonyl (C=O) groups excluding carboxylic acids is 1. The number of esters is 1. The molecule has 1 aromatic heterocycles. The van der Waals surface area contributed by atoms with Gasteiger partial charge in [-0.1, -0.05) is 12.2 Å². The highest BCUT2D eigenvalue weighted by atomic mass is 19.1. The highest BCUT2D eigenvalue weighted by Gasteiger charge is 2.26. The molecule has 0 aliphatic carbocycles. The molecule has 0 saturated carbocycles. The summed E-state index contributed by atoms with van der Waals surface area (Å²) in [5.74, 6) is -0.658. The minimum atomic E-state index is -0.591. The van der Waals surface area contributed by atoms with E-state index in [4.69, 9.17) is 9.15 Å². The number of aromatic hydroxyl groups is 1. The van der Waals surface area contributed by atoms with Crippen LogP contribution in [0.3, 0.4) is 0 Å². The molecule has 5 heteroatoms. The average molecular weight is 340 g/mol. The summed E-state index contributed by atoms with van der Waals surface area (Å²) in [7, 11) is 1.27. The number of fused-ring (bicyclic) bond motifs is 1. The number of ether oxygens (including phenoxy) is 1. The molecule has 0 fully saturated rings. The van der Waals surface area contributed by atoms with Crippen molar-refractivity contribution in [2.75, 3.05) is 7.11 Å². The fraction of sp³-hybridized carbons (Fsp3) is 0.150. The monoisotopic (exact) mass is 340 g/mol. The van der Waals surface area contributed by atoms with Gasteiger partial charge in [0.05, 0.1) is 7.11 Å². The van der Waals surface area contributed by atoms with Gasteiger partial charge < -0.3 is 14.3 Å². The molecular weight excluding hydrogens is 323 g/mol. The first kappa shape index (κ1) is 16.8. The molecule has 0 radical (unpaired) electrons. The Morgan fingerprint density at radius 2 is 1.92 bits per heavy atom. The van der Waals surface area contributed by atoms with E-state index in [1.807, 2.05) is 6.92 Å². The van der Waals surface area contributed by atoms with Crippen LogP contribution in [0.2, 0.25) is 0 Å². The van der Waals surface area contributed by atoms with Crippen LogP contribution in [0.5, 0.6) is 5.75 Å². The lowest BCUT2D eigenvalue weighted by Crippen LogP contribution is -2.03. The van der Waals surface area contributed by atoms with Gasteiger partial charge in [-0.3, -0.25) is 0 Å². The van der Waals surface area contributed by atoms with Crippen LogP contribution >= 0.6 is 0 Å². The number of rotatable bonds is 4. The van der Waals surface area contributed by atoms with E-state index >= 15 is 0 Å². The molecule has 0 spiro atoms. The quantitative estimate of drug-likeness (QED) is 0.545. The number of carbonyl (C=O) groups is 1. The van der Waals surface area contributed by atoms with Crippen molar-refractivity contribution in [2.45, 2.75) is 13.3 Å². The zero-order chi connectivity index (χ0) is 18.1. The molecule has 128 valence electrons. The lowest BCUT2D eigenvalue weighted by molar-refractivity contribution is 0.0603. The number of halogens is 1. The molecule has 0 atom stereocenters. The van der Waals surface area contributed by atoms with E-state index in [-0.39, 0.29) is 22.9 Å². The summed E-state index contributed by atoms with van der Waals surface area (Å²) in [4.78, 5) is 12.4. The SMILES string of the molecule is C=C(C)Cc1c(O)ccc2oc(-c3ccc(F)cc3)c(C(=O)OC)c12. The number of hydrogen-bond acceptors (Lipinski definition) is 4. The van der Waals surface area contributed by atoms with Crippen molar-refractivity contribution in [1.29, 1.82) is 0 Å². The van der Waals surface area contributed by atoms with Crippen molar-refractivity contribution in [2.24, 2.45) is 0 Å². The van der Waals surface area contributed by atoms with Gasteiger partial charge >= 0.3 is 5.97 Å². The number of furan rings is 1. The fourth-order valence-corrected chi connectivity index (χ4v) is 2.83. The van der Waals surface area contributed by atoms with Crippen LogP contribution in [-0.2, 0) is 11.2 Å². The van der Waals surface area contributed by atoms with Crippen LogP contribution in [0.4, 0.5) is 4.39 Å². The van der Waals surface area contributed by atoms with Crippen LogP contribution < -0.4 is 0 Å².